The van der Waals surface area contributed by atoms with Gasteiger partial charge >= 0.3 is 5.97 Å². The Morgan fingerprint density at radius 1 is 1.20 bits per heavy atom. The molecule has 35 heavy (non-hydrogen) atoms. The first-order valence-electron chi connectivity index (χ1n) is 11.9. The molecule has 1 amide bonds. The van der Waals surface area contributed by atoms with Crippen molar-refractivity contribution in [3.8, 4) is 5.75 Å². The maximum atomic E-state index is 13.8. The Morgan fingerprint density at radius 3 is 2.69 bits per heavy atom. The number of carbonyl (C=O) groups is 3. The number of carboxylic acid groups (broad SMARTS) is 1. The van der Waals surface area contributed by atoms with Gasteiger partial charge in [-0.3, -0.25) is 23.7 Å². The number of Topliss-reactive ketones (excluding diaryl/α,β-unsaturated/α-hetero) is 1. The van der Waals surface area contributed by atoms with Crippen LogP contribution in [0.5, 0.6) is 5.75 Å². The molecule has 0 saturated carbocycles. The Labute approximate surface area is 202 Å². The average molecular weight is 488 g/mol. The molecule has 9 nitrogen and oxygen atoms in total. The molecule has 1 aliphatic rings. The molecule has 0 aliphatic carbocycles. The van der Waals surface area contributed by atoms with Gasteiger partial charge in [-0.2, -0.15) is 0 Å². The van der Waals surface area contributed by atoms with Crippen LogP contribution < -0.4 is 10.9 Å². The number of hydrogen-bond donors (Lipinski definition) is 3. The number of carbonyl (C=O) groups excluding carboxylic acids is 2. The van der Waals surface area contributed by atoms with Gasteiger partial charge in [0.15, 0.2) is 11.5 Å². The zero-order valence-corrected chi connectivity index (χ0v) is 19.7. The molecule has 0 saturated heterocycles. The van der Waals surface area contributed by atoms with E-state index in [4.69, 9.17) is 5.11 Å². The SMILES string of the molecule is CCC1CCCCn2c1nc(C(=O)CCc1ccc(F)cc1NC(=O)CCCC(=O)O)c(O)c2=O. The zero-order valence-electron chi connectivity index (χ0n) is 19.7. The number of aromatic nitrogens is 2. The lowest BCUT2D eigenvalue weighted by Gasteiger charge is -2.17. The Hall–Kier alpha value is -3.56. The van der Waals surface area contributed by atoms with Crippen LogP contribution in [-0.4, -0.2) is 37.4 Å². The highest BCUT2D eigenvalue weighted by Gasteiger charge is 2.26. The van der Waals surface area contributed by atoms with Crippen LogP contribution in [0.25, 0.3) is 0 Å². The highest BCUT2D eigenvalue weighted by atomic mass is 19.1. The normalized spacial score (nSPS) is 15.2. The number of nitrogens with one attached hydrogen (secondary N) is 1. The van der Waals surface area contributed by atoms with E-state index < -0.39 is 34.8 Å². The molecule has 1 unspecified atom stereocenters. The van der Waals surface area contributed by atoms with Crippen molar-refractivity contribution in [3.63, 3.8) is 0 Å². The number of aromatic hydroxyl groups is 1. The number of nitrogens with zero attached hydrogens (tertiary/aromatic N) is 2. The van der Waals surface area contributed by atoms with Crippen LogP contribution in [0.4, 0.5) is 10.1 Å². The molecular weight excluding hydrogens is 457 g/mol. The van der Waals surface area contributed by atoms with Gasteiger partial charge in [0.1, 0.15) is 11.6 Å². The summed E-state index contributed by atoms with van der Waals surface area (Å²) in [6, 6.07) is 3.78. The number of benzene rings is 1. The lowest BCUT2D eigenvalue weighted by molar-refractivity contribution is -0.137. The number of hydrogen-bond acceptors (Lipinski definition) is 6. The molecule has 1 atom stereocenters. The molecule has 2 heterocycles. The van der Waals surface area contributed by atoms with E-state index in [1.165, 1.54) is 16.7 Å². The van der Waals surface area contributed by atoms with Gasteiger partial charge in [0, 0.05) is 37.4 Å². The summed E-state index contributed by atoms with van der Waals surface area (Å²) in [4.78, 5) is 52.9. The van der Waals surface area contributed by atoms with Gasteiger partial charge in [-0.1, -0.05) is 19.4 Å². The molecule has 3 rings (SSSR count). The lowest BCUT2D eigenvalue weighted by atomic mass is 9.99. The molecule has 0 bridgehead atoms. The maximum absolute atomic E-state index is 13.8. The number of rotatable bonds is 10. The van der Waals surface area contributed by atoms with Gasteiger partial charge in [0.25, 0.3) is 5.56 Å². The summed E-state index contributed by atoms with van der Waals surface area (Å²) >= 11 is 0. The number of halogens is 1. The minimum absolute atomic E-state index is 0.0254. The molecule has 1 aromatic carbocycles. The minimum atomic E-state index is -1.01. The number of aliphatic carboxylic acids is 1. The van der Waals surface area contributed by atoms with Crippen LogP contribution in [0.2, 0.25) is 0 Å². The van der Waals surface area contributed by atoms with Crippen LogP contribution in [0.3, 0.4) is 0 Å². The van der Waals surface area contributed by atoms with Gasteiger partial charge < -0.3 is 15.5 Å². The van der Waals surface area contributed by atoms with E-state index in [1.54, 1.807) is 0 Å². The number of ketones is 1. The summed E-state index contributed by atoms with van der Waals surface area (Å²) in [5.41, 5.74) is -0.204. The second-order valence-electron chi connectivity index (χ2n) is 8.75. The smallest absolute Gasteiger partial charge is 0.303 e. The fourth-order valence-electron chi connectivity index (χ4n) is 4.32. The predicted molar refractivity (Wildman–Crippen MR) is 126 cm³/mol. The van der Waals surface area contributed by atoms with Crippen LogP contribution >= 0.6 is 0 Å². The monoisotopic (exact) mass is 487 g/mol. The molecule has 188 valence electrons. The third kappa shape index (κ3) is 6.52. The third-order valence-electron chi connectivity index (χ3n) is 6.24. The van der Waals surface area contributed by atoms with Crippen LogP contribution in [0, 0.1) is 5.82 Å². The molecule has 0 radical (unpaired) electrons. The first-order valence-corrected chi connectivity index (χ1v) is 11.9. The standard InChI is InChI=1S/C25H30FN3O6/c1-2-15-6-3-4-13-29-24(15)28-22(23(34)25(29)35)19(30)12-10-16-9-11-17(26)14-18(16)27-20(31)7-5-8-21(32)33/h9,11,14-15,34H,2-8,10,12-13H2,1H3,(H,27,31)(H,32,33). The Bertz CT molecular complexity index is 1180. The summed E-state index contributed by atoms with van der Waals surface area (Å²) in [6.07, 6.45) is 3.28. The summed E-state index contributed by atoms with van der Waals surface area (Å²) < 4.78 is 15.3. The number of fused-ring (bicyclic) bond motifs is 1. The van der Waals surface area contributed by atoms with Crippen molar-refractivity contribution in [2.75, 3.05) is 5.32 Å². The number of carboxylic acids is 1. The third-order valence-corrected chi connectivity index (χ3v) is 6.24. The molecule has 0 fully saturated rings. The second kappa shape index (κ2) is 11.7. The van der Waals surface area contributed by atoms with Gasteiger partial charge in [-0.05, 0) is 49.8 Å². The van der Waals surface area contributed by atoms with Crippen LogP contribution in [-0.2, 0) is 22.6 Å². The quantitative estimate of drug-likeness (QED) is 0.434. The van der Waals surface area contributed by atoms with E-state index in [1.807, 2.05) is 6.92 Å². The summed E-state index contributed by atoms with van der Waals surface area (Å²) in [5, 5.41) is 21.7. The van der Waals surface area contributed by atoms with Gasteiger partial charge in [-0.25, -0.2) is 9.37 Å². The molecule has 2 aromatic rings. The fraction of sp³-hybridized carbons (Fsp3) is 0.480. The molecule has 3 N–H and O–H groups in total. The lowest BCUT2D eigenvalue weighted by Crippen LogP contribution is -2.28. The topological polar surface area (TPSA) is 139 Å². The molecule has 1 aromatic heterocycles. The molecular formula is C25H30FN3O6. The Morgan fingerprint density at radius 2 is 1.97 bits per heavy atom. The van der Waals surface area contributed by atoms with Crippen LogP contribution in [0.1, 0.15) is 86.1 Å². The predicted octanol–water partition coefficient (Wildman–Crippen LogP) is 3.77. The van der Waals surface area contributed by atoms with Crippen molar-refractivity contribution in [2.45, 2.75) is 77.2 Å². The highest BCUT2D eigenvalue weighted by molar-refractivity contribution is 5.97. The van der Waals surface area contributed by atoms with E-state index in [0.717, 1.165) is 31.7 Å². The van der Waals surface area contributed by atoms with Crippen molar-refractivity contribution in [1.82, 2.24) is 9.55 Å². The fourth-order valence-corrected chi connectivity index (χ4v) is 4.32. The van der Waals surface area contributed by atoms with Crippen molar-refractivity contribution < 1.29 is 29.0 Å². The van der Waals surface area contributed by atoms with Crippen molar-refractivity contribution >= 4 is 23.3 Å². The van der Waals surface area contributed by atoms with E-state index >= 15 is 0 Å². The number of aryl methyl sites for hydroxylation is 1. The second-order valence-corrected chi connectivity index (χ2v) is 8.75. The van der Waals surface area contributed by atoms with E-state index in [-0.39, 0.29) is 49.4 Å². The summed E-state index contributed by atoms with van der Waals surface area (Å²) in [5.74, 6) is -2.70. The molecule has 0 spiro atoms. The van der Waals surface area contributed by atoms with Crippen molar-refractivity contribution in [2.24, 2.45) is 0 Å². The number of amides is 1. The maximum Gasteiger partial charge on any atom is 0.303 e. The van der Waals surface area contributed by atoms with E-state index in [9.17, 15) is 28.7 Å². The summed E-state index contributed by atoms with van der Waals surface area (Å²) in [6.45, 7) is 2.44. The Balaban J connectivity index is 1.77. The summed E-state index contributed by atoms with van der Waals surface area (Å²) in [7, 11) is 0. The largest absolute Gasteiger partial charge is 0.501 e. The van der Waals surface area contributed by atoms with Gasteiger partial charge in [-0.15, -0.1) is 0 Å². The van der Waals surface area contributed by atoms with Crippen LogP contribution in [0.15, 0.2) is 23.0 Å². The van der Waals surface area contributed by atoms with Gasteiger partial charge in [0.2, 0.25) is 11.7 Å². The van der Waals surface area contributed by atoms with Crippen molar-refractivity contribution in [1.29, 1.82) is 0 Å². The highest BCUT2D eigenvalue weighted by Crippen LogP contribution is 2.29. The van der Waals surface area contributed by atoms with Gasteiger partial charge in [0.05, 0.1) is 0 Å². The van der Waals surface area contributed by atoms with Crippen molar-refractivity contribution in [3.05, 3.63) is 51.5 Å². The Kier molecular flexibility index (Phi) is 8.73. The average Bonchev–Trinajstić information content (AvgIpc) is 3.02. The molecule has 1 aliphatic heterocycles. The first kappa shape index (κ1) is 26.1. The minimum Gasteiger partial charge on any atom is -0.501 e. The van der Waals surface area contributed by atoms with E-state index in [0.29, 0.717) is 17.9 Å². The first-order chi connectivity index (χ1) is 16.7. The zero-order chi connectivity index (χ0) is 25.5. The number of anilines is 1. The van der Waals surface area contributed by atoms with E-state index in [2.05, 4.69) is 10.3 Å². The molecule has 10 heteroatoms.